The zero-order valence-corrected chi connectivity index (χ0v) is 10.1. The van der Waals surface area contributed by atoms with E-state index in [1.54, 1.807) is 13.1 Å². The number of nitrogens with zero attached hydrogens (tertiary/aromatic N) is 1. The maximum atomic E-state index is 11.9. The Balaban J connectivity index is 3.45. The predicted octanol–water partition coefficient (Wildman–Crippen LogP) is 1.82. The van der Waals surface area contributed by atoms with Crippen molar-refractivity contribution >= 4 is 5.97 Å². The first kappa shape index (κ1) is 12.5. The van der Waals surface area contributed by atoms with E-state index in [9.17, 15) is 9.59 Å². The number of aromatic carboxylic acids is 1. The van der Waals surface area contributed by atoms with Gasteiger partial charge in [-0.1, -0.05) is 13.8 Å². The van der Waals surface area contributed by atoms with E-state index in [0.29, 0.717) is 18.0 Å². The minimum Gasteiger partial charge on any atom is -0.477 e. The van der Waals surface area contributed by atoms with Crippen molar-refractivity contribution in [3.8, 4) is 0 Å². The number of pyridine rings is 1. The van der Waals surface area contributed by atoms with Crippen LogP contribution in [0.15, 0.2) is 11.0 Å². The fraction of sp³-hybridized carbons (Fsp3) is 0.500. The predicted molar refractivity (Wildman–Crippen MR) is 62.0 cm³/mol. The summed E-state index contributed by atoms with van der Waals surface area (Å²) in [5, 5.41) is 9.02. The fourth-order valence-corrected chi connectivity index (χ4v) is 1.67. The molecule has 0 fully saturated rings. The van der Waals surface area contributed by atoms with Crippen LogP contribution in [0.4, 0.5) is 0 Å². The van der Waals surface area contributed by atoms with Gasteiger partial charge in [-0.15, -0.1) is 0 Å². The van der Waals surface area contributed by atoms with Crippen molar-refractivity contribution in [2.24, 2.45) is 5.92 Å². The molecule has 1 aromatic heterocycles. The van der Waals surface area contributed by atoms with Crippen LogP contribution < -0.4 is 5.56 Å². The van der Waals surface area contributed by atoms with Gasteiger partial charge in [-0.25, -0.2) is 4.79 Å². The van der Waals surface area contributed by atoms with Crippen molar-refractivity contribution in [3.05, 3.63) is 33.2 Å². The normalized spacial score (nSPS) is 10.8. The molecule has 1 N–H and O–H groups in total. The molecule has 0 radical (unpaired) electrons. The summed E-state index contributed by atoms with van der Waals surface area (Å²) in [6, 6.07) is 0. The Hall–Kier alpha value is -1.58. The number of hydrogen-bond donors (Lipinski definition) is 1. The molecule has 0 aliphatic carbocycles. The monoisotopic (exact) mass is 223 g/mol. The van der Waals surface area contributed by atoms with Gasteiger partial charge >= 0.3 is 5.97 Å². The number of carbonyl (C=O) groups is 1. The highest BCUT2D eigenvalue weighted by atomic mass is 16.4. The van der Waals surface area contributed by atoms with Crippen molar-refractivity contribution in [1.82, 2.24) is 4.57 Å². The minimum absolute atomic E-state index is 0.111. The molecule has 1 rings (SSSR count). The Morgan fingerprint density at radius 1 is 1.44 bits per heavy atom. The lowest BCUT2D eigenvalue weighted by atomic mass is 10.1. The first-order valence-electron chi connectivity index (χ1n) is 5.28. The molecule has 0 unspecified atom stereocenters. The smallest absolute Gasteiger partial charge is 0.341 e. The van der Waals surface area contributed by atoms with E-state index in [4.69, 9.17) is 5.11 Å². The molecule has 0 atom stereocenters. The second kappa shape index (κ2) is 4.51. The van der Waals surface area contributed by atoms with Crippen LogP contribution in [0.3, 0.4) is 0 Å². The van der Waals surface area contributed by atoms with Crippen LogP contribution in [0, 0.1) is 19.8 Å². The van der Waals surface area contributed by atoms with E-state index in [2.05, 4.69) is 0 Å². The molecule has 0 amide bonds. The molecular formula is C12H17NO3. The Labute approximate surface area is 94.5 Å². The van der Waals surface area contributed by atoms with E-state index >= 15 is 0 Å². The van der Waals surface area contributed by atoms with Crippen LogP contribution in [0.5, 0.6) is 0 Å². The lowest BCUT2D eigenvalue weighted by Crippen LogP contribution is -2.29. The molecule has 0 spiro atoms. The molecule has 1 aromatic rings. The third kappa shape index (κ3) is 2.32. The zero-order valence-electron chi connectivity index (χ0n) is 10.1. The lowest BCUT2D eigenvalue weighted by Gasteiger charge is -2.13. The topological polar surface area (TPSA) is 59.3 Å². The number of rotatable bonds is 3. The van der Waals surface area contributed by atoms with Gasteiger partial charge in [0.15, 0.2) is 0 Å². The molecule has 0 saturated heterocycles. The van der Waals surface area contributed by atoms with Crippen LogP contribution in [-0.4, -0.2) is 15.6 Å². The van der Waals surface area contributed by atoms with Crippen molar-refractivity contribution in [2.45, 2.75) is 34.2 Å². The summed E-state index contributed by atoms with van der Waals surface area (Å²) in [4.78, 5) is 22.9. The number of hydrogen-bond acceptors (Lipinski definition) is 2. The highest BCUT2D eigenvalue weighted by Gasteiger charge is 2.16. The number of aryl methyl sites for hydroxylation is 1. The Morgan fingerprint density at radius 2 is 2.00 bits per heavy atom. The van der Waals surface area contributed by atoms with E-state index in [1.807, 2.05) is 20.8 Å². The Morgan fingerprint density at radius 3 is 2.44 bits per heavy atom. The second-order valence-corrected chi connectivity index (χ2v) is 4.47. The molecule has 88 valence electrons. The zero-order chi connectivity index (χ0) is 12.5. The van der Waals surface area contributed by atoms with Crippen molar-refractivity contribution in [1.29, 1.82) is 0 Å². The van der Waals surface area contributed by atoms with Gasteiger partial charge in [0.25, 0.3) is 5.56 Å². The molecule has 0 aliphatic heterocycles. The molecular weight excluding hydrogens is 206 g/mol. The summed E-state index contributed by atoms with van der Waals surface area (Å²) in [5.41, 5.74) is 0.861. The van der Waals surface area contributed by atoms with E-state index in [1.165, 1.54) is 4.57 Å². The number of carboxylic acids is 1. The largest absolute Gasteiger partial charge is 0.477 e. The van der Waals surface area contributed by atoms with Gasteiger partial charge in [0.2, 0.25) is 0 Å². The summed E-state index contributed by atoms with van der Waals surface area (Å²) >= 11 is 0. The average Bonchev–Trinajstić information content (AvgIpc) is 2.13. The molecule has 4 heteroatoms. The van der Waals surface area contributed by atoms with E-state index < -0.39 is 11.5 Å². The molecule has 4 nitrogen and oxygen atoms in total. The average molecular weight is 223 g/mol. The van der Waals surface area contributed by atoms with Gasteiger partial charge in [0.1, 0.15) is 5.56 Å². The molecule has 0 bridgehead atoms. The van der Waals surface area contributed by atoms with Crippen LogP contribution in [0.25, 0.3) is 0 Å². The first-order chi connectivity index (χ1) is 7.34. The Bertz CT molecular complexity index is 472. The van der Waals surface area contributed by atoms with Gasteiger partial charge in [-0.2, -0.15) is 0 Å². The molecule has 1 heterocycles. The highest BCUT2D eigenvalue weighted by Crippen LogP contribution is 2.09. The summed E-state index contributed by atoms with van der Waals surface area (Å²) in [6.45, 7) is 8.00. The summed E-state index contributed by atoms with van der Waals surface area (Å²) in [6.07, 6.45) is 1.73. The lowest BCUT2D eigenvalue weighted by molar-refractivity contribution is 0.0693. The minimum atomic E-state index is -1.15. The molecule has 0 aromatic carbocycles. The van der Waals surface area contributed by atoms with Crippen molar-refractivity contribution in [2.75, 3.05) is 0 Å². The van der Waals surface area contributed by atoms with Crippen LogP contribution >= 0.6 is 0 Å². The van der Waals surface area contributed by atoms with Crippen LogP contribution in [0.2, 0.25) is 0 Å². The van der Waals surface area contributed by atoms with Gasteiger partial charge in [0.05, 0.1) is 0 Å². The van der Waals surface area contributed by atoms with Crippen molar-refractivity contribution < 1.29 is 9.90 Å². The molecule has 16 heavy (non-hydrogen) atoms. The summed E-state index contributed by atoms with van der Waals surface area (Å²) in [5.74, 6) is -0.842. The number of carboxylic acid groups (broad SMARTS) is 1. The van der Waals surface area contributed by atoms with E-state index in [0.717, 1.165) is 5.56 Å². The SMILES string of the molecule is Cc1cn(CC(C)C)c(=O)c(C(=O)O)c1C. The quantitative estimate of drug-likeness (QED) is 0.850. The van der Waals surface area contributed by atoms with E-state index in [-0.39, 0.29) is 5.56 Å². The van der Waals surface area contributed by atoms with Crippen LogP contribution in [-0.2, 0) is 6.54 Å². The third-order valence-corrected chi connectivity index (χ3v) is 2.57. The first-order valence-corrected chi connectivity index (χ1v) is 5.28. The van der Waals surface area contributed by atoms with Crippen LogP contribution in [0.1, 0.15) is 35.3 Å². The third-order valence-electron chi connectivity index (χ3n) is 2.57. The van der Waals surface area contributed by atoms with Gasteiger partial charge < -0.3 is 9.67 Å². The maximum absolute atomic E-state index is 11.9. The molecule has 0 saturated carbocycles. The summed E-state index contributed by atoms with van der Waals surface area (Å²) < 4.78 is 1.48. The highest BCUT2D eigenvalue weighted by molar-refractivity contribution is 5.89. The standard InChI is InChI=1S/C12H17NO3/c1-7(2)5-13-6-8(3)9(4)10(11(13)14)12(15)16/h6-7H,5H2,1-4H3,(H,15,16). The summed E-state index contributed by atoms with van der Waals surface area (Å²) in [7, 11) is 0. The Kier molecular flexibility index (Phi) is 3.52. The molecule has 0 aliphatic rings. The van der Waals surface area contributed by atoms with Crippen molar-refractivity contribution in [3.63, 3.8) is 0 Å². The van der Waals surface area contributed by atoms with Gasteiger partial charge in [-0.3, -0.25) is 4.79 Å². The second-order valence-electron chi connectivity index (χ2n) is 4.47. The maximum Gasteiger partial charge on any atom is 0.341 e. The van der Waals surface area contributed by atoms with Gasteiger partial charge in [-0.05, 0) is 30.9 Å². The fourth-order valence-electron chi connectivity index (χ4n) is 1.67. The van der Waals surface area contributed by atoms with Gasteiger partial charge in [0, 0.05) is 12.7 Å². The number of aromatic nitrogens is 1.